The topological polar surface area (TPSA) is 73.7 Å². The molecule has 0 aromatic rings. The average molecular weight is 155 g/mol. The Kier molecular flexibility index (Phi) is 9.65. The first-order valence-electron chi connectivity index (χ1n) is 3.39. The Morgan fingerprint density at radius 3 is 1.91 bits per heavy atom. The quantitative estimate of drug-likeness (QED) is 0.423. The summed E-state index contributed by atoms with van der Waals surface area (Å²) in [7, 11) is 0. The number of hydrogen-bond acceptors (Lipinski definition) is 3. The van der Waals surface area contributed by atoms with Crippen LogP contribution in [-0.4, -0.2) is 12.4 Å². The van der Waals surface area contributed by atoms with Gasteiger partial charge < -0.3 is 16.6 Å². The zero-order valence-corrected chi connectivity index (χ0v) is 7.02. The van der Waals surface area contributed by atoms with Crippen LogP contribution < -0.4 is 5.73 Å². The summed E-state index contributed by atoms with van der Waals surface area (Å²) >= 11 is 0. The predicted octanol–water partition coefficient (Wildman–Crippen LogP) is 1.96. The second-order valence-electron chi connectivity index (χ2n) is 1.40. The molecule has 11 heavy (non-hydrogen) atoms. The van der Waals surface area contributed by atoms with Gasteiger partial charge in [-0.1, -0.05) is 26.5 Å². The molecular weight excluding hydrogens is 138 g/mol. The van der Waals surface area contributed by atoms with E-state index in [1.165, 1.54) is 6.08 Å². The number of nitrogens with one attached hydrogen (secondary N) is 2. The molecule has 0 rings (SSSR count). The van der Waals surface area contributed by atoms with Crippen LogP contribution in [0.1, 0.15) is 15.3 Å². The molecule has 3 nitrogen and oxygen atoms in total. The Hall–Kier alpha value is -1.38. The second-order valence-corrected chi connectivity index (χ2v) is 1.40. The first kappa shape index (κ1) is 12.3. The number of rotatable bonds is 3. The largest absolute Gasteiger partial charge is 0.397 e. The van der Waals surface area contributed by atoms with Crippen LogP contribution in [-0.2, 0) is 0 Å². The zero-order valence-electron chi connectivity index (χ0n) is 7.02. The van der Waals surface area contributed by atoms with E-state index in [2.05, 4.69) is 6.58 Å². The van der Waals surface area contributed by atoms with Gasteiger partial charge in [-0.05, 0) is 0 Å². The Labute approximate surface area is 69.1 Å². The van der Waals surface area contributed by atoms with Crippen molar-refractivity contribution < 1.29 is 1.43 Å². The van der Waals surface area contributed by atoms with Gasteiger partial charge in [0.25, 0.3) is 0 Å². The van der Waals surface area contributed by atoms with Crippen molar-refractivity contribution in [2.45, 2.75) is 13.8 Å². The molecule has 0 amide bonds. The lowest BCUT2D eigenvalue weighted by molar-refractivity contribution is 1.41. The molecule has 0 radical (unpaired) electrons. The van der Waals surface area contributed by atoms with Crippen molar-refractivity contribution in [3.63, 3.8) is 0 Å². The minimum atomic E-state index is 0. The summed E-state index contributed by atoms with van der Waals surface area (Å²) in [6.45, 7) is 7.41. The minimum Gasteiger partial charge on any atom is -0.397 e. The molecule has 0 spiro atoms. The van der Waals surface area contributed by atoms with E-state index in [1.54, 1.807) is 0 Å². The van der Waals surface area contributed by atoms with Crippen LogP contribution in [0.3, 0.4) is 0 Å². The predicted molar refractivity (Wildman–Crippen MR) is 52.4 cm³/mol. The van der Waals surface area contributed by atoms with E-state index < -0.39 is 0 Å². The van der Waals surface area contributed by atoms with E-state index in [1.807, 2.05) is 13.8 Å². The van der Waals surface area contributed by atoms with Gasteiger partial charge in [0.15, 0.2) is 0 Å². The number of nitrogens with two attached hydrogens (primary N) is 1. The first-order valence-corrected chi connectivity index (χ1v) is 3.39. The van der Waals surface area contributed by atoms with E-state index in [-0.39, 0.29) is 7.12 Å². The van der Waals surface area contributed by atoms with Crippen LogP contribution in [0.25, 0.3) is 0 Å². The molecule has 3 heteroatoms. The molecule has 0 aliphatic carbocycles. The molecule has 0 saturated carbocycles. The third-order valence-electron chi connectivity index (χ3n) is 0.864. The monoisotopic (exact) mass is 155 g/mol. The highest BCUT2D eigenvalue weighted by molar-refractivity contribution is 5.90. The highest BCUT2D eigenvalue weighted by Gasteiger charge is 1.88. The van der Waals surface area contributed by atoms with Gasteiger partial charge in [-0.3, -0.25) is 0 Å². The second kappa shape index (κ2) is 8.62. The van der Waals surface area contributed by atoms with Crippen LogP contribution in [0, 0.1) is 10.8 Å². The highest BCUT2D eigenvalue weighted by atomic mass is 14.6. The van der Waals surface area contributed by atoms with Crippen molar-refractivity contribution in [1.29, 1.82) is 10.8 Å². The van der Waals surface area contributed by atoms with Crippen molar-refractivity contribution in [3.8, 4) is 0 Å². The van der Waals surface area contributed by atoms with E-state index in [0.717, 1.165) is 12.4 Å². The fourth-order valence-electron chi connectivity index (χ4n) is 0.343. The fraction of sp³-hybridized carbons (Fsp3) is 0.250. The van der Waals surface area contributed by atoms with Crippen LogP contribution in [0.4, 0.5) is 0 Å². The van der Waals surface area contributed by atoms with E-state index in [0.29, 0.717) is 5.57 Å². The molecule has 0 aliphatic rings. The van der Waals surface area contributed by atoms with Crippen LogP contribution in [0.15, 0.2) is 23.9 Å². The summed E-state index contributed by atoms with van der Waals surface area (Å²) in [5.41, 5.74) is 5.99. The van der Waals surface area contributed by atoms with Crippen molar-refractivity contribution >= 4 is 12.4 Å². The molecule has 0 aliphatic heterocycles. The Morgan fingerprint density at radius 2 is 1.82 bits per heavy atom. The van der Waals surface area contributed by atoms with Crippen LogP contribution in [0.2, 0.25) is 0 Å². The summed E-state index contributed by atoms with van der Waals surface area (Å²) in [5.74, 6) is 0. The average Bonchev–Trinajstić information content (AvgIpc) is 2.10. The van der Waals surface area contributed by atoms with Gasteiger partial charge in [0.1, 0.15) is 0 Å². The Morgan fingerprint density at radius 1 is 1.36 bits per heavy atom. The molecule has 4 N–H and O–H groups in total. The van der Waals surface area contributed by atoms with Gasteiger partial charge >= 0.3 is 0 Å². The molecule has 0 fully saturated rings. The van der Waals surface area contributed by atoms with E-state index in [4.69, 9.17) is 16.6 Å². The maximum absolute atomic E-state index is 6.76. The maximum atomic E-state index is 6.76. The Bertz CT molecular complexity index is 163. The third kappa shape index (κ3) is 5.08. The summed E-state index contributed by atoms with van der Waals surface area (Å²) < 4.78 is 0. The van der Waals surface area contributed by atoms with Crippen LogP contribution in [0.5, 0.6) is 0 Å². The van der Waals surface area contributed by atoms with E-state index in [9.17, 15) is 0 Å². The van der Waals surface area contributed by atoms with Crippen molar-refractivity contribution in [2.75, 3.05) is 0 Å². The lowest BCUT2D eigenvalue weighted by Crippen LogP contribution is -2.02. The summed E-state index contributed by atoms with van der Waals surface area (Å²) in [6.07, 6.45) is 3.49. The van der Waals surface area contributed by atoms with Crippen LogP contribution >= 0.6 is 0 Å². The van der Waals surface area contributed by atoms with Gasteiger partial charge in [-0.15, -0.1) is 0 Å². The molecule has 0 bridgehead atoms. The zero-order chi connectivity index (χ0) is 9.28. The lowest BCUT2D eigenvalue weighted by atomic mass is 10.2. The Balaban J connectivity index is -0.000000249. The lowest BCUT2D eigenvalue weighted by Gasteiger charge is -1.92. The van der Waals surface area contributed by atoms with Crippen molar-refractivity contribution in [3.05, 3.63) is 23.9 Å². The van der Waals surface area contributed by atoms with Gasteiger partial charge in [0.2, 0.25) is 0 Å². The SMILES string of the molecule is C=C/C(C=N)=C(/N)C=N.CC.[HH]. The van der Waals surface area contributed by atoms with Crippen molar-refractivity contribution in [1.82, 2.24) is 0 Å². The number of hydrogen-bond donors (Lipinski definition) is 3. The van der Waals surface area contributed by atoms with Crippen molar-refractivity contribution in [2.24, 2.45) is 5.73 Å². The minimum absolute atomic E-state index is 0. The normalized spacial score (nSPS) is 10.0. The van der Waals surface area contributed by atoms with E-state index >= 15 is 0 Å². The van der Waals surface area contributed by atoms with Gasteiger partial charge in [-0.25, -0.2) is 0 Å². The number of allylic oxidation sites excluding steroid dienone is 3. The fourth-order valence-corrected chi connectivity index (χ4v) is 0.343. The molecule has 0 aromatic carbocycles. The summed E-state index contributed by atoms with van der Waals surface area (Å²) in [6, 6.07) is 0. The molecular formula is C8H17N3. The third-order valence-corrected chi connectivity index (χ3v) is 0.864. The molecule has 0 heterocycles. The smallest absolute Gasteiger partial charge is 0.0581 e. The molecule has 64 valence electrons. The molecule has 0 atom stereocenters. The van der Waals surface area contributed by atoms with Gasteiger partial charge in [0, 0.05) is 19.4 Å². The van der Waals surface area contributed by atoms with Gasteiger partial charge in [-0.2, -0.15) is 0 Å². The maximum Gasteiger partial charge on any atom is 0.0581 e. The summed E-state index contributed by atoms with van der Waals surface area (Å²) in [5, 5.41) is 13.4. The van der Waals surface area contributed by atoms with Gasteiger partial charge in [0.05, 0.1) is 5.70 Å². The highest BCUT2D eigenvalue weighted by Crippen LogP contribution is 1.92. The standard InChI is InChI=1S/C6H9N3.C2H6.H2/c1-2-5(3-7)6(9)4-8;1-2;/h2-4,7-8H,1,9H2;1-2H3;1H/b6-5-,7-3?,8-4?;;. The molecule has 0 unspecified atom stereocenters. The molecule has 0 saturated heterocycles. The summed E-state index contributed by atoms with van der Waals surface area (Å²) in [4.78, 5) is 0. The first-order chi connectivity index (χ1) is 5.26. The molecule has 0 aromatic heterocycles.